The van der Waals surface area contributed by atoms with Crippen LogP contribution in [0.1, 0.15) is 35.0 Å². The summed E-state index contributed by atoms with van der Waals surface area (Å²) in [4.78, 5) is 13.2. The fourth-order valence-corrected chi connectivity index (χ4v) is 5.81. The Balaban J connectivity index is 1.66. The number of nitrogens with zero attached hydrogens (tertiary/aromatic N) is 1. The van der Waals surface area contributed by atoms with Gasteiger partial charge in [-0.05, 0) is 44.0 Å². The van der Waals surface area contributed by atoms with Crippen LogP contribution in [0.4, 0.5) is 0 Å². The van der Waals surface area contributed by atoms with Gasteiger partial charge in [-0.2, -0.15) is 4.31 Å². The van der Waals surface area contributed by atoms with Gasteiger partial charge in [0, 0.05) is 18.0 Å². The first kappa shape index (κ1) is 18.9. The van der Waals surface area contributed by atoms with Gasteiger partial charge >= 0.3 is 0 Å². The van der Waals surface area contributed by atoms with E-state index >= 15 is 0 Å². The van der Waals surface area contributed by atoms with Crippen molar-refractivity contribution in [3.63, 3.8) is 0 Å². The van der Waals surface area contributed by atoms with Crippen LogP contribution in [0, 0.1) is 0 Å². The zero-order valence-electron chi connectivity index (χ0n) is 14.6. The molecule has 0 bridgehead atoms. The first-order chi connectivity index (χ1) is 12.5. The van der Waals surface area contributed by atoms with E-state index in [1.807, 2.05) is 13.0 Å². The standard InChI is InChI=1S/C18H22N2O4S2/c1-2-24-16-8-4-3-7-15(16)18(21)19-13-14-9-10-17(25-14)26(22,23)20-11-5-6-12-20/h3-4,7-10H,2,5-6,11-13H2,1H3,(H,19,21). The average molecular weight is 395 g/mol. The average Bonchev–Trinajstić information content (AvgIpc) is 3.33. The number of thiophene rings is 1. The quantitative estimate of drug-likeness (QED) is 0.783. The van der Waals surface area contributed by atoms with Crippen LogP contribution in [0.3, 0.4) is 0 Å². The highest BCUT2D eigenvalue weighted by Gasteiger charge is 2.28. The van der Waals surface area contributed by atoms with Crippen molar-refractivity contribution in [3.8, 4) is 5.75 Å². The molecule has 0 saturated carbocycles. The van der Waals surface area contributed by atoms with Crippen molar-refractivity contribution in [1.82, 2.24) is 9.62 Å². The zero-order valence-corrected chi connectivity index (χ0v) is 16.2. The van der Waals surface area contributed by atoms with Gasteiger partial charge in [-0.1, -0.05) is 12.1 Å². The number of carbonyl (C=O) groups excluding carboxylic acids is 1. The van der Waals surface area contributed by atoms with E-state index in [2.05, 4.69) is 5.32 Å². The Morgan fingerprint density at radius 2 is 1.92 bits per heavy atom. The monoisotopic (exact) mass is 394 g/mol. The van der Waals surface area contributed by atoms with E-state index in [9.17, 15) is 13.2 Å². The summed E-state index contributed by atoms with van der Waals surface area (Å²) in [6.45, 7) is 3.79. The van der Waals surface area contributed by atoms with Gasteiger partial charge in [-0.3, -0.25) is 4.79 Å². The van der Waals surface area contributed by atoms with Crippen LogP contribution in [-0.4, -0.2) is 38.3 Å². The third kappa shape index (κ3) is 4.08. The molecule has 3 rings (SSSR count). The lowest BCUT2D eigenvalue weighted by atomic mass is 10.2. The normalized spacial score (nSPS) is 15.1. The first-order valence-corrected chi connectivity index (χ1v) is 10.9. The maximum absolute atomic E-state index is 12.6. The number of hydrogen-bond acceptors (Lipinski definition) is 5. The predicted octanol–water partition coefficient (Wildman–Crippen LogP) is 2.86. The summed E-state index contributed by atoms with van der Waals surface area (Å²) in [6.07, 6.45) is 1.82. The number of hydrogen-bond donors (Lipinski definition) is 1. The lowest BCUT2D eigenvalue weighted by Gasteiger charge is -2.13. The van der Waals surface area contributed by atoms with Crippen LogP contribution in [0.15, 0.2) is 40.6 Å². The summed E-state index contributed by atoms with van der Waals surface area (Å²) in [5, 5.41) is 2.83. The summed E-state index contributed by atoms with van der Waals surface area (Å²) in [6, 6.07) is 10.4. The second-order valence-corrected chi connectivity index (χ2v) is 9.28. The molecule has 0 radical (unpaired) electrons. The number of carbonyl (C=O) groups is 1. The van der Waals surface area contributed by atoms with Crippen molar-refractivity contribution >= 4 is 27.3 Å². The Morgan fingerprint density at radius 3 is 2.65 bits per heavy atom. The van der Waals surface area contributed by atoms with E-state index in [4.69, 9.17) is 4.74 Å². The van der Waals surface area contributed by atoms with Gasteiger partial charge in [-0.25, -0.2) is 8.42 Å². The van der Waals surface area contributed by atoms with Crippen LogP contribution in [0.25, 0.3) is 0 Å². The maximum Gasteiger partial charge on any atom is 0.255 e. The van der Waals surface area contributed by atoms with E-state index in [-0.39, 0.29) is 12.5 Å². The smallest absolute Gasteiger partial charge is 0.255 e. The van der Waals surface area contributed by atoms with E-state index in [1.54, 1.807) is 30.3 Å². The Bertz CT molecular complexity index is 871. The van der Waals surface area contributed by atoms with Crippen LogP contribution >= 0.6 is 11.3 Å². The second-order valence-electron chi connectivity index (χ2n) is 5.94. The van der Waals surface area contributed by atoms with Gasteiger partial charge in [-0.15, -0.1) is 11.3 Å². The van der Waals surface area contributed by atoms with E-state index in [0.29, 0.717) is 35.2 Å². The summed E-state index contributed by atoms with van der Waals surface area (Å²) < 4.78 is 32.4. The van der Waals surface area contributed by atoms with Gasteiger partial charge in [0.05, 0.1) is 18.7 Å². The van der Waals surface area contributed by atoms with Crippen molar-refractivity contribution in [2.75, 3.05) is 19.7 Å². The molecule has 0 atom stereocenters. The van der Waals surface area contributed by atoms with Crippen LogP contribution in [0.2, 0.25) is 0 Å². The number of sulfonamides is 1. The molecule has 1 fully saturated rings. The van der Waals surface area contributed by atoms with Gasteiger partial charge in [0.1, 0.15) is 9.96 Å². The number of rotatable bonds is 7. The highest BCUT2D eigenvalue weighted by Crippen LogP contribution is 2.27. The molecule has 2 heterocycles. The Kier molecular flexibility index (Phi) is 5.95. The van der Waals surface area contributed by atoms with Gasteiger partial charge in [0.25, 0.3) is 15.9 Å². The molecule has 1 N–H and O–H groups in total. The highest BCUT2D eigenvalue weighted by atomic mass is 32.2. The Morgan fingerprint density at radius 1 is 1.19 bits per heavy atom. The number of amides is 1. The van der Waals surface area contributed by atoms with E-state index < -0.39 is 10.0 Å². The second kappa shape index (κ2) is 8.20. The van der Waals surface area contributed by atoms with Crippen LogP contribution < -0.4 is 10.1 Å². The molecule has 0 unspecified atom stereocenters. The number of para-hydroxylation sites is 1. The molecule has 1 aromatic carbocycles. The number of ether oxygens (including phenoxy) is 1. The molecule has 26 heavy (non-hydrogen) atoms. The Labute approximate surface area is 157 Å². The predicted molar refractivity (Wildman–Crippen MR) is 101 cm³/mol. The molecule has 1 aliphatic rings. The van der Waals surface area contributed by atoms with Crippen LogP contribution in [0.5, 0.6) is 5.75 Å². The van der Waals surface area contributed by atoms with Crippen molar-refractivity contribution in [1.29, 1.82) is 0 Å². The lowest BCUT2D eigenvalue weighted by Crippen LogP contribution is -2.27. The van der Waals surface area contributed by atoms with Gasteiger partial charge < -0.3 is 10.1 Å². The summed E-state index contributed by atoms with van der Waals surface area (Å²) in [5.74, 6) is 0.294. The summed E-state index contributed by atoms with van der Waals surface area (Å²) >= 11 is 1.20. The fourth-order valence-electron chi connectivity index (χ4n) is 2.85. The molecule has 2 aromatic rings. The number of benzene rings is 1. The molecular weight excluding hydrogens is 372 g/mol. The zero-order chi connectivity index (χ0) is 18.6. The molecule has 6 nitrogen and oxygen atoms in total. The van der Waals surface area contributed by atoms with Crippen molar-refractivity contribution in [3.05, 3.63) is 46.8 Å². The molecule has 1 aliphatic heterocycles. The molecular formula is C18H22N2O4S2. The minimum absolute atomic E-state index is 0.244. The summed E-state index contributed by atoms with van der Waals surface area (Å²) in [5.41, 5.74) is 0.468. The number of nitrogens with one attached hydrogen (secondary N) is 1. The Hall–Kier alpha value is -1.90. The van der Waals surface area contributed by atoms with E-state index in [1.165, 1.54) is 15.6 Å². The molecule has 1 amide bonds. The molecule has 1 saturated heterocycles. The topological polar surface area (TPSA) is 75.7 Å². The third-order valence-corrected chi connectivity index (χ3v) is 7.60. The largest absolute Gasteiger partial charge is 0.493 e. The molecule has 8 heteroatoms. The minimum atomic E-state index is -3.40. The third-order valence-electron chi connectivity index (χ3n) is 4.15. The van der Waals surface area contributed by atoms with Crippen LogP contribution in [-0.2, 0) is 16.6 Å². The highest BCUT2D eigenvalue weighted by molar-refractivity contribution is 7.91. The van der Waals surface area contributed by atoms with Crippen molar-refractivity contribution < 1.29 is 17.9 Å². The molecule has 140 valence electrons. The lowest BCUT2D eigenvalue weighted by molar-refractivity contribution is 0.0947. The molecule has 1 aromatic heterocycles. The first-order valence-electron chi connectivity index (χ1n) is 8.61. The minimum Gasteiger partial charge on any atom is -0.493 e. The molecule has 0 spiro atoms. The fraction of sp³-hybridized carbons (Fsp3) is 0.389. The van der Waals surface area contributed by atoms with Gasteiger partial charge in [0.15, 0.2) is 0 Å². The maximum atomic E-state index is 12.6. The van der Waals surface area contributed by atoms with Crippen molar-refractivity contribution in [2.45, 2.75) is 30.5 Å². The van der Waals surface area contributed by atoms with Crippen molar-refractivity contribution in [2.24, 2.45) is 0 Å². The van der Waals surface area contributed by atoms with Gasteiger partial charge in [0.2, 0.25) is 0 Å². The van der Waals surface area contributed by atoms with E-state index in [0.717, 1.165) is 17.7 Å². The summed E-state index contributed by atoms with van der Waals surface area (Å²) in [7, 11) is -3.40. The molecule has 0 aliphatic carbocycles. The SMILES string of the molecule is CCOc1ccccc1C(=O)NCc1ccc(S(=O)(=O)N2CCCC2)s1.